The Morgan fingerprint density at radius 3 is 2.54 bits per heavy atom. The highest BCUT2D eigenvalue weighted by Crippen LogP contribution is 2.32. The number of ether oxygens (including phenoxy) is 1. The molecule has 0 unspecified atom stereocenters. The first-order chi connectivity index (χ1) is 12.7. The number of benzene rings is 2. The summed E-state index contributed by atoms with van der Waals surface area (Å²) in [7, 11) is 1.64. The van der Waals surface area contributed by atoms with Gasteiger partial charge in [-0.3, -0.25) is 9.59 Å². The van der Waals surface area contributed by atoms with Gasteiger partial charge in [-0.25, -0.2) is 0 Å². The molecular formula is C21H24N2O3. The van der Waals surface area contributed by atoms with Crippen LogP contribution in [0.2, 0.25) is 0 Å². The number of hydrogen-bond acceptors (Lipinski definition) is 3. The average molecular weight is 352 g/mol. The highest BCUT2D eigenvalue weighted by Gasteiger charge is 2.29. The molecule has 1 aliphatic rings. The predicted molar refractivity (Wildman–Crippen MR) is 99.8 cm³/mol. The van der Waals surface area contributed by atoms with Gasteiger partial charge in [-0.1, -0.05) is 42.5 Å². The Balaban J connectivity index is 1.55. The number of carbonyl (C=O) groups excluding carboxylic acids is 2. The maximum Gasteiger partial charge on any atom is 0.242 e. The van der Waals surface area contributed by atoms with E-state index in [2.05, 4.69) is 5.32 Å². The zero-order valence-electron chi connectivity index (χ0n) is 15.0. The van der Waals surface area contributed by atoms with E-state index in [0.29, 0.717) is 0 Å². The summed E-state index contributed by atoms with van der Waals surface area (Å²) in [6.45, 7) is 0.766. The van der Waals surface area contributed by atoms with E-state index in [0.717, 1.165) is 36.3 Å². The fourth-order valence-corrected chi connectivity index (χ4v) is 3.36. The third-order valence-electron chi connectivity index (χ3n) is 4.72. The molecule has 1 fully saturated rings. The number of nitrogens with one attached hydrogen (secondary N) is 1. The van der Waals surface area contributed by atoms with E-state index in [1.807, 2.05) is 59.5 Å². The first-order valence-corrected chi connectivity index (χ1v) is 8.91. The minimum atomic E-state index is -0.134. The summed E-state index contributed by atoms with van der Waals surface area (Å²) in [4.78, 5) is 26.5. The number of likely N-dealkylation sites (tertiary alicyclic amines) is 1. The molecule has 0 spiro atoms. The second kappa shape index (κ2) is 8.52. The van der Waals surface area contributed by atoms with E-state index >= 15 is 0 Å². The molecule has 0 aromatic heterocycles. The summed E-state index contributed by atoms with van der Waals surface area (Å²) >= 11 is 0. The van der Waals surface area contributed by atoms with E-state index in [-0.39, 0.29) is 30.8 Å². The van der Waals surface area contributed by atoms with Gasteiger partial charge in [0.2, 0.25) is 11.8 Å². The van der Waals surface area contributed by atoms with Crippen molar-refractivity contribution < 1.29 is 14.3 Å². The second-order valence-electron chi connectivity index (χ2n) is 6.46. The van der Waals surface area contributed by atoms with Crippen LogP contribution in [-0.2, 0) is 16.0 Å². The molecule has 1 N–H and O–H groups in total. The van der Waals surface area contributed by atoms with Gasteiger partial charge in [0.05, 0.1) is 26.1 Å². The van der Waals surface area contributed by atoms with Crippen LogP contribution in [0.15, 0.2) is 54.6 Å². The van der Waals surface area contributed by atoms with E-state index in [9.17, 15) is 9.59 Å². The van der Waals surface area contributed by atoms with Crippen LogP contribution in [-0.4, -0.2) is 36.9 Å². The zero-order chi connectivity index (χ0) is 18.4. The minimum Gasteiger partial charge on any atom is -0.497 e. The van der Waals surface area contributed by atoms with Crippen molar-refractivity contribution in [3.63, 3.8) is 0 Å². The molecule has 5 heteroatoms. The normalized spacial score (nSPS) is 16.3. The monoisotopic (exact) mass is 352 g/mol. The number of methoxy groups -OCH3 is 1. The van der Waals surface area contributed by atoms with Crippen LogP contribution in [0.25, 0.3) is 0 Å². The van der Waals surface area contributed by atoms with Gasteiger partial charge in [-0.15, -0.1) is 0 Å². The molecule has 2 aromatic rings. The van der Waals surface area contributed by atoms with Crippen molar-refractivity contribution in [2.45, 2.75) is 25.3 Å². The van der Waals surface area contributed by atoms with Crippen LogP contribution in [0, 0.1) is 0 Å². The summed E-state index contributed by atoms with van der Waals surface area (Å²) in [5, 5.41) is 2.75. The van der Waals surface area contributed by atoms with Crippen LogP contribution >= 0.6 is 0 Å². The molecule has 5 nitrogen and oxygen atoms in total. The molecule has 2 amide bonds. The van der Waals surface area contributed by atoms with Gasteiger partial charge in [0.15, 0.2) is 0 Å². The molecule has 3 rings (SSSR count). The van der Waals surface area contributed by atoms with Gasteiger partial charge in [0.25, 0.3) is 0 Å². The van der Waals surface area contributed by atoms with Crippen molar-refractivity contribution in [3.05, 3.63) is 65.7 Å². The Morgan fingerprint density at radius 2 is 1.85 bits per heavy atom. The Morgan fingerprint density at radius 1 is 1.12 bits per heavy atom. The fourth-order valence-electron chi connectivity index (χ4n) is 3.36. The largest absolute Gasteiger partial charge is 0.497 e. The minimum absolute atomic E-state index is 0.0373. The lowest BCUT2D eigenvalue weighted by molar-refractivity contribution is -0.133. The van der Waals surface area contributed by atoms with E-state index in [1.165, 1.54) is 0 Å². The standard InChI is InChI=1S/C21H24N2O3/c1-26-18-11-9-17(10-12-18)19-8-5-13-23(19)21(25)15-22-20(24)14-16-6-3-2-4-7-16/h2-4,6-7,9-12,19H,5,8,13-15H2,1H3,(H,22,24)/t19-/m0/s1. The predicted octanol–water partition coefficient (Wildman–Crippen LogP) is 2.72. The number of nitrogens with zero attached hydrogens (tertiary/aromatic N) is 1. The van der Waals surface area contributed by atoms with E-state index in [1.54, 1.807) is 7.11 Å². The van der Waals surface area contributed by atoms with E-state index < -0.39 is 0 Å². The highest BCUT2D eigenvalue weighted by molar-refractivity contribution is 5.86. The van der Waals surface area contributed by atoms with Gasteiger partial charge in [0, 0.05) is 6.54 Å². The van der Waals surface area contributed by atoms with Gasteiger partial charge < -0.3 is 15.0 Å². The SMILES string of the molecule is COc1ccc([C@@H]2CCCN2C(=O)CNC(=O)Cc2ccccc2)cc1. The zero-order valence-corrected chi connectivity index (χ0v) is 15.0. The lowest BCUT2D eigenvalue weighted by atomic mass is 10.0. The summed E-state index contributed by atoms with van der Waals surface area (Å²) in [5.74, 6) is 0.632. The molecule has 1 atom stereocenters. The fraction of sp³-hybridized carbons (Fsp3) is 0.333. The molecule has 1 saturated heterocycles. The number of carbonyl (C=O) groups is 2. The van der Waals surface area contributed by atoms with Crippen molar-refractivity contribution in [2.24, 2.45) is 0 Å². The Labute approximate surface area is 154 Å². The van der Waals surface area contributed by atoms with Gasteiger partial charge >= 0.3 is 0 Å². The molecule has 1 aliphatic heterocycles. The number of amides is 2. The quantitative estimate of drug-likeness (QED) is 0.870. The number of rotatable bonds is 6. The van der Waals surface area contributed by atoms with Crippen LogP contribution in [0.5, 0.6) is 5.75 Å². The van der Waals surface area contributed by atoms with Gasteiger partial charge in [-0.05, 0) is 36.1 Å². The molecule has 0 radical (unpaired) electrons. The topological polar surface area (TPSA) is 58.6 Å². The molecule has 2 aromatic carbocycles. The molecule has 136 valence electrons. The second-order valence-corrected chi connectivity index (χ2v) is 6.46. The molecule has 0 aliphatic carbocycles. The first-order valence-electron chi connectivity index (χ1n) is 8.91. The van der Waals surface area contributed by atoms with Crippen LogP contribution in [0.4, 0.5) is 0 Å². The smallest absolute Gasteiger partial charge is 0.242 e. The van der Waals surface area contributed by atoms with Crippen molar-refractivity contribution in [3.8, 4) is 5.75 Å². The van der Waals surface area contributed by atoms with Gasteiger partial charge in [-0.2, -0.15) is 0 Å². The van der Waals surface area contributed by atoms with Crippen LogP contribution < -0.4 is 10.1 Å². The Kier molecular flexibility index (Phi) is 5.89. The summed E-state index contributed by atoms with van der Waals surface area (Å²) in [6, 6.07) is 17.4. The summed E-state index contributed by atoms with van der Waals surface area (Å²) < 4.78 is 5.19. The summed E-state index contributed by atoms with van der Waals surface area (Å²) in [6.07, 6.45) is 2.20. The van der Waals surface area contributed by atoms with E-state index in [4.69, 9.17) is 4.74 Å². The number of hydrogen-bond donors (Lipinski definition) is 1. The maximum atomic E-state index is 12.6. The molecular weight excluding hydrogens is 328 g/mol. The Bertz CT molecular complexity index is 744. The third-order valence-corrected chi connectivity index (χ3v) is 4.72. The average Bonchev–Trinajstić information content (AvgIpc) is 3.17. The van der Waals surface area contributed by atoms with Crippen molar-refractivity contribution in [1.29, 1.82) is 0 Å². The Hall–Kier alpha value is -2.82. The van der Waals surface area contributed by atoms with Crippen molar-refractivity contribution in [2.75, 3.05) is 20.2 Å². The lowest BCUT2D eigenvalue weighted by Crippen LogP contribution is -2.40. The molecule has 0 bridgehead atoms. The molecule has 0 saturated carbocycles. The molecule has 1 heterocycles. The highest BCUT2D eigenvalue weighted by atomic mass is 16.5. The maximum absolute atomic E-state index is 12.6. The van der Waals surface area contributed by atoms with Crippen molar-refractivity contribution in [1.82, 2.24) is 10.2 Å². The first kappa shape index (κ1) is 18.0. The van der Waals surface area contributed by atoms with Crippen molar-refractivity contribution >= 4 is 11.8 Å². The van der Waals surface area contributed by atoms with Crippen LogP contribution in [0.3, 0.4) is 0 Å². The lowest BCUT2D eigenvalue weighted by Gasteiger charge is -2.25. The van der Waals surface area contributed by atoms with Gasteiger partial charge in [0.1, 0.15) is 5.75 Å². The summed E-state index contributed by atoms with van der Waals surface area (Å²) in [5.41, 5.74) is 2.04. The van der Waals surface area contributed by atoms with Crippen LogP contribution in [0.1, 0.15) is 30.0 Å². The third kappa shape index (κ3) is 4.42. The molecule has 26 heavy (non-hydrogen) atoms.